The van der Waals surface area contributed by atoms with Crippen LogP contribution in [0.1, 0.15) is 65.7 Å². The zero-order chi connectivity index (χ0) is 16.4. The third kappa shape index (κ3) is 1.90. The molecule has 0 saturated heterocycles. The second-order valence-electron chi connectivity index (χ2n) is 9.27. The van der Waals surface area contributed by atoms with E-state index in [1.165, 1.54) is 19.3 Å². The second-order valence-corrected chi connectivity index (χ2v) is 9.27. The molecule has 3 fully saturated rings. The molecule has 4 aliphatic rings. The molecule has 0 aromatic rings. The van der Waals surface area contributed by atoms with Crippen LogP contribution in [0.25, 0.3) is 0 Å². The van der Waals surface area contributed by atoms with Crippen LogP contribution in [0.4, 0.5) is 0 Å². The molecule has 0 aromatic carbocycles. The summed E-state index contributed by atoms with van der Waals surface area (Å²) < 4.78 is 0. The van der Waals surface area contributed by atoms with Crippen molar-refractivity contribution in [2.75, 3.05) is 0 Å². The van der Waals surface area contributed by atoms with Gasteiger partial charge in [0.15, 0.2) is 0 Å². The Labute approximate surface area is 141 Å². The summed E-state index contributed by atoms with van der Waals surface area (Å²) in [6, 6.07) is 0. The third-order valence-electron chi connectivity index (χ3n) is 8.44. The van der Waals surface area contributed by atoms with Gasteiger partial charge in [0.25, 0.3) is 0 Å². The minimum Gasteiger partial charge on any atom is -0.299 e. The van der Waals surface area contributed by atoms with Crippen LogP contribution in [-0.4, -0.2) is 5.78 Å². The average Bonchev–Trinajstić information content (AvgIpc) is 2.83. The molecule has 0 bridgehead atoms. The molecule has 4 rings (SSSR count). The number of carbonyl (C=O) groups excluding carboxylic acids is 1. The van der Waals surface area contributed by atoms with E-state index in [9.17, 15) is 4.79 Å². The van der Waals surface area contributed by atoms with E-state index in [1.54, 1.807) is 5.57 Å². The molecule has 7 atom stereocenters. The van der Waals surface area contributed by atoms with E-state index in [2.05, 4.69) is 32.8 Å². The van der Waals surface area contributed by atoms with Gasteiger partial charge in [0.1, 0.15) is 5.78 Å². The number of terminal acetylenes is 1. The van der Waals surface area contributed by atoms with E-state index in [0.29, 0.717) is 34.9 Å². The molecule has 0 spiro atoms. The molecule has 0 N–H and O–H groups in total. The van der Waals surface area contributed by atoms with Crippen LogP contribution >= 0.6 is 0 Å². The van der Waals surface area contributed by atoms with Gasteiger partial charge in [0, 0.05) is 17.8 Å². The molecule has 23 heavy (non-hydrogen) atoms. The summed E-state index contributed by atoms with van der Waals surface area (Å²) in [5.74, 6) is 6.69. The summed E-state index contributed by atoms with van der Waals surface area (Å²) in [6.45, 7) is 7.08. The molecule has 0 aromatic heterocycles. The Hall–Kier alpha value is -1.03. The molecular formula is C22H30O. The Morgan fingerprint density at radius 3 is 2.57 bits per heavy atom. The maximum atomic E-state index is 12.5. The van der Waals surface area contributed by atoms with Crippen molar-refractivity contribution in [2.45, 2.75) is 65.7 Å². The summed E-state index contributed by atoms with van der Waals surface area (Å²) in [5.41, 5.74) is 1.85. The molecule has 1 heteroatoms. The SMILES string of the molecule is C#C[C@H]1C2=CC[C@@H]3[C@H](CC[C@]4(C)C(=O)CC[C@@H]34)[C@@]2(C)CC[C@@H]1C. The van der Waals surface area contributed by atoms with E-state index >= 15 is 0 Å². The van der Waals surface area contributed by atoms with Crippen molar-refractivity contribution >= 4 is 5.78 Å². The molecule has 0 heterocycles. The molecule has 0 radical (unpaired) electrons. The van der Waals surface area contributed by atoms with Crippen molar-refractivity contribution in [3.8, 4) is 12.3 Å². The number of carbonyl (C=O) groups is 1. The predicted octanol–water partition coefficient (Wildman–Crippen LogP) is 5.01. The van der Waals surface area contributed by atoms with Crippen LogP contribution in [0, 0.1) is 52.8 Å². The summed E-state index contributed by atoms with van der Waals surface area (Å²) in [6.07, 6.45) is 16.4. The van der Waals surface area contributed by atoms with Crippen LogP contribution in [0.15, 0.2) is 11.6 Å². The van der Waals surface area contributed by atoms with Gasteiger partial charge in [-0.1, -0.05) is 38.3 Å². The van der Waals surface area contributed by atoms with Crippen LogP contribution in [0.2, 0.25) is 0 Å². The standard InChI is InChI=1S/C22H30O/c1-5-15-14(2)10-12-21(3)17(15)7-6-16-18-8-9-20(23)22(18,4)13-11-19(16)21/h1,7,14-16,18-19H,6,8-13H2,2-4H3/t14-,15+,16-,18-,19-,21-,22-/m0/s1. The highest BCUT2D eigenvalue weighted by atomic mass is 16.1. The van der Waals surface area contributed by atoms with Crippen molar-refractivity contribution in [3.63, 3.8) is 0 Å². The van der Waals surface area contributed by atoms with Gasteiger partial charge in [-0.3, -0.25) is 4.79 Å². The number of rotatable bonds is 0. The lowest BCUT2D eigenvalue weighted by molar-refractivity contribution is -0.132. The number of ketones is 1. The highest BCUT2D eigenvalue weighted by Gasteiger charge is 2.59. The van der Waals surface area contributed by atoms with Gasteiger partial charge in [-0.25, -0.2) is 0 Å². The van der Waals surface area contributed by atoms with Crippen molar-refractivity contribution in [1.82, 2.24) is 0 Å². The lowest BCUT2D eigenvalue weighted by atomic mass is 9.46. The Balaban J connectivity index is 1.73. The van der Waals surface area contributed by atoms with Crippen molar-refractivity contribution in [3.05, 3.63) is 11.6 Å². The maximum absolute atomic E-state index is 12.5. The normalized spacial score (nSPS) is 52.0. The number of Topliss-reactive ketones (excluding diaryl/α,β-unsaturated/α-hetero) is 1. The Morgan fingerprint density at radius 2 is 1.83 bits per heavy atom. The van der Waals surface area contributed by atoms with Crippen LogP contribution in [0.3, 0.4) is 0 Å². The van der Waals surface area contributed by atoms with Gasteiger partial charge in [0.2, 0.25) is 0 Å². The lowest BCUT2D eigenvalue weighted by Gasteiger charge is -2.58. The van der Waals surface area contributed by atoms with E-state index in [4.69, 9.17) is 6.42 Å². The number of hydrogen-bond donors (Lipinski definition) is 0. The molecule has 0 unspecified atom stereocenters. The second kappa shape index (κ2) is 4.98. The van der Waals surface area contributed by atoms with Crippen LogP contribution in [0.5, 0.6) is 0 Å². The van der Waals surface area contributed by atoms with Gasteiger partial charge in [0.05, 0.1) is 0 Å². The average molecular weight is 310 g/mol. The smallest absolute Gasteiger partial charge is 0.139 e. The van der Waals surface area contributed by atoms with Crippen LogP contribution < -0.4 is 0 Å². The van der Waals surface area contributed by atoms with Gasteiger partial charge in [-0.2, -0.15) is 0 Å². The van der Waals surface area contributed by atoms with E-state index in [0.717, 1.165) is 31.6 Å². The summed E-state index contributed by atoms with van der Waals surface area (Å²) in [5, 5.41) is 0. The molecule has 0 amide bonds. The van der Waals surface area contributed by atoms with Crippen molar-refractivity contribution in [2.24, 2.45) is 40.4 Å². The Kier molecular flexibility index (Phi) is 3.36. The molecule has 3 saturated carbocycles. The zero-order valence-electron chi connectivity index (χ0n) is 14.9. The first-order chi connectivity index (χ1) is 10.9. The molecular weight excluding hydrogens is 280 g/mol. The summed E-state index contributed by atoms with van der Waals surface area (Å²) in [4.78, 5) is 12.5. The fourth-order valence-electron chi connectivity index (χ4n) is 6.96. The fraction of sp³-hybridized carbons (Fsp3) is 0.773. The number of allylic oxidation sites excluding steroid dienone is 2. The van der Waals surface area contributed by atoms with Gasteiger partial charge < -0.3 is 0 Å². The van der Waals surface area contributed by atoms with E-state index in [1.807, 2.05) is 0 Å². The van der Waals surface area contributed by atoms with Gasteiger partial charge >= 0.3 is 0 Å². The number of fused-ring (bicyclic) bond motifs is 5. The van der Waals surface area contributed by atoms with E-state index < -0.39 is 0 Å². The maximum Gasteiger partial charge on any atom is 0.139 e. The largest absolute Gasteiger partial charge is 0.299 e. The quantitative estimate of drug-likeness (QED) is 0.454. The fourth-order valence-corrected chi connectivity index (χ4v) is 6.96. The highest BCUT2D eigenvalue weighted by Crippen LogP contribution is 2.65. The first-order valence-electron chi connectivity index (χ1n) is 9.62. The lowest BCUT2D eigenvalue weighted by Crippen LogP contribution is -2.51. The molecule has 0 aliphatic heterocycles. The van der Waals surface area contributed by atoms with Crippen molar-refractivity contribution in [1.29, 1.82) is 0 Å². The first-order valence-corrected chi connectivity index (χ1v) is 9.62. The monoisotopic (exact) mass is 310 g/mol. The Morgan fingerprint density at radius 1 is 1.13 bits per heavy atom. The van der Waals surface area contributed by atoms with Crippen molar-refractivity contribution < 1.29 is 4.79 Å². The van der Waals surface area contributed by atoms with Crippen LogP contribution in [-0.2, 0) is 4.79 Å². The minimum atomic E-state index is -0.0175. The highest BCUT2D eigenvalue weighted by molar-refractivity contribution is 5.87. The zero-order valence-corrected chi connectivity index (χ0v) is 14.9. The Bertz CT molecular complexity index is 608. The van der Waals surface area contributed by atoms with Gasteiger partial charge in [-0.15, -0.1) is 6.42 Å². The summed E-state index contributed by atoms with van der Waals surface area (Å²) in [7, 11) is 0. The molecule has 124 valence electrons. The predicted molar refractivity (Wildman–Crippen MR) is 93.6 cm³/mol. The molecule has 1 nitrogen and oxygen atoms in total. The third-order valence-corrected chi connectivity index (χ3v) is 8.44. The first kappa shape index (κ1) is 15.5. The molecule has 4 aliphatic carbocycles. The number of hydrogen-bond acceptors (Lipinski definition) is 1. The van der Waals surface area contributed by atoms with Gasteiger partial charge in [-0.05, 0) is 67.6 Å². The van der Waals surface area contributed by atoms with E-state index in [-0.39, 0.29) is 5.41 Å². The minimum absolute atomic E-state index is 0.0175. The summed E-state index contributed by atoms with van der Waals surface area (Å²) >= 11 is 0. The topological polar surface area (TPSA) is 17.1 Å².